The van der Waals surface area contributed by atoms with Crippen LogP contribution >= 0.6 is 0 Å². The first kappa shape index (κ1) is 14.6. The lowest BCUT2D eigenvalue weighted by molar-refractivity contribution is -0.138. The molecule has 1 saturated carbocycles. The largest absolute Gasteiger partial charge is 0.493 e. The molecule has 1 fully saturated rings. The van der Waals surface area contributed by atoms with Crippen molar-refractivity contribution in [3.63, 3.8) is 0 Å². The Bertz CT molecular complexity index is 716. The quantitative estimate of drug-likeness (QED) is 0.943. The first-order valence-electron chi connectivity index (χ1n) is 6.83. The predicted molar refractivity (Wildman–Crippen MR) is 73.5 cm³/mol. The Hall–Kier alpha value is -2.31. The summed E-state index contributed by atoms with van der Waals surface area (Å²) >= 11 is 0. The molecule has 2 aromatic rings. The molecule has 0 amide bonds. The lowest BCUT2D eigenvalue weighted by Crippen LogP contribution is -2.11. The van der Waals surface area contributed by atoms with E-state index in [-0.39, 0.29) is 17.0 Å². The first-order valence-corrected chi connectivity index (χ1v) is 6.83. The molecule has 1 aliphatic carbocycles. The zero-order valence-corrected chi connectivity index (χ0v) is 11.5. The van der Waals surface area contributed by atoms with E-state index in [9.17, 15) is 18.0 Å². The fourth-order valence-electron chi connectivity index (χ4n) is 2.03. The molecule has 0 spiro atoms. The molecule has 7 heteroatoms. The minimum Gasteiger partial charge on any atom is -0.493 e. The molecule has 1 aromatic carbocycles. The van der Waals surface area contributed by atoms with Gasteiger partial charge >= 0.3 is 6.18 Å². The van der Waals surface area contributed by atoms with Crippen LogP contribution in [0.25, 0.3) is 11.3 Å². The van der Waals surface area contributed by atoms with Gasteiger partial charge in [0, 0.05) is 11.6 Å². The summed E-state index contributed by atoms with van der Waals surface area (Å²) in [7, 11) is 0. The van der Waals surface area contributed by atoms with E-state index >= 15 is 0 Å². The van der Waals surface area contributed by atoms with E-state index in [4.69, 9.17) is 4.74 Å². The number of hydrogen-bond acceptors (Lipinski definition) is 3. The highest BCUT2D eigenvalue weighted by Crippen LogP contribution is 2.39. The molecule has 1 N–H and O–H groups in total. The van der Waals surface area contributed by atoms with E-state index in [1.54, 1.807) is 0 Å². The number of aromatic nitrogens is 2. The number of nitrogens with one attached hydrogen (secondary N) is 1. The van der Waals surface area contributed by atoms with E-state index in [2.05, 4.69) is 10.2 Å². The molecule has 0 bridgehead atoms. The zero-order chi connectivity index (χ0) is 15.7. The van der Waals surface area contributed by atoms with Crippen LogP contribution < -0.4 is 10.3 Å². The summed E-state index contributed by atoms with van der Waals surface area (Å²) in [5.74, 6) is 0.189. The number of aromatic amines is 1. The van der Waals surface area contributed by atoms with Gasteiger partial charge in [-0.15, -0.1) is 0 Å². The lowest BCUT2D eigenvalue weighted by atomic mass is 10.1. The lowest BCUT2D eigenvalue weighted by Gasteiger charge is -2.15. The third kappa shape index (κ3) is 3.29. The summed E-state index contributed by atoms with van der Waals surface area (Å²) in [6, 6.07) is 6.38. The van der Waals surface area contributed by atoms with Crippen molar-refractivity contribution >= 4 is 0 Å². The van der Waals surface area contributed by atoms with Crippen LogP contribution in [-0.4, -0.2) is 16.8 Å². The SMILES string of the molecule is O=c1ccc(-c2ccc(OCC3CC3)c(C(F)(F)F)c2)n[nH]1. The predicted octanol–water partition coefficient (Wildman–Crippen LogP) is 3.24. The van der Waals surface area contributed by atoms with Crippen LogP contribution in [0, 0.1) is 5.92 Å². The van der Waals surface area contributed by atoms with E-state index < -0.39 is 17.3 Å². The Labute approximate surface area is 123 Å². The molecule has 1 aliphatic rings. The molecule has 0 unspecified atom stereocenters. The maximum Gasteiger partial charge on any atom is 0.419 e. The number of ether oxygens (including phenoxy) is 1. The number of nitrogens with zero attached hydrogens (tertiary/aromatic N) is 1. The van der Waals surface area contributed by atoms with Crippen LogP contribution in [0.4, 0.5) is 13.2 Å². The fraction of sp³-hybridized carbons (Fsp3) is 0.333. The third-order valence-electron chi connectivity index (χ3n) is 3.43. The Balaban J connectivity index is 1.95. The summed E-state index contributed by atoms with van der Waals surface area (Å²) in [5, 5.41) is 5.94. The molecular weight excluding hydrogens is 297 g/mol. The van der Waals surface area contributed by atoms with Gasteiger partial charge in [0.25, 0.3) is 5.56 Å². The van der Waals surface area contributed by atoms with Gasteiger partial charge < -0.3 is 4.74 Å². The number of halogens is 3. The fourth-order valence-corrected chi connectivity index (χ4v) is 2.03. The maximum absolute atomic E-state index is 13.2. The van der Waals surface area contributed by atoms with E-state index in [0.717, 1.165) is 18.9 Å². The average molecular weight is 310 g/mol. The molecular formula is C15H13F3N2O2. The van der Waals surface area contributed by atoms with Gasteiger partial charge in [0.05, 0.1) is 17.9 Å². The second-order valence-electron chi connectivity index (χ2n) is 5.27. The van der Waals surface area contributed by atoms with Gasteiger partial charge in [-0.05, 0) is 43.0 Å². The molecule has 0 saturated heterocycles. The van der Waals surface area contributed by atoms with Gasteiger partial charge in [-0.2, -0.15) is 18.3 Å². The van der Waals surface area contributed by atoms with Crippen molar-refractivity contribution < 1.29 is 17.9 Å². The van der Waals surface area contributed by atoms with Crippen LogP contribution in [0.3, 0.4) is 0 Å². The zero-order valence-electron chi connectivity index (χ0n) is 11.5. The smallest absolute Gasteiger partial charge is 0.419 e. The van der Waals surface area contributed by atoms with E-state index in [1.807, 2.05) is 0 Å². The molecule has 0 radical (unpaired) electrons. The van der Waals surface area contributed by atoms with Gasteiger partial charge in [0.2, 0.25) is 0 Å². The van der Waals surface area contributed by atoms with Crippen LogP contribution in [0.1, 0.15) is 18.4 Å². The minimum absolute atomic E-state index is 0.174. The number of hydrogen-bond donors (Lipinski definition) is 1. The normalized spacial score (nSPS) is 14.9. The highest BCUT2D eigenvalue weighted by molar-refractivity contribution is 5.62. The standard InChI is InChI=1S/C15H13F3N2O2/c16-15(17,18)11-7-10(12-4-6-14(21)20-19-12)3-5-13(11)22-8-9-1-2-9/h3-7,9H,1-2,8H2,(H,20,21). The second-order valence-corrected chi connectivity index (χ2v) is 5.27. The van der Waals surface area contributed by atoms with Gasteiger partial charge in [-0.3, -0.25) is 4.79 Å². The Morgan fingerprint density at radius 3 is 2.59 bits per heavy atom. The van der Waals surface area contributed by atoms with Crippen molar-refractivity contribution in [3.8, 4) is 17.0 Å². The van der Waals surface area contributed by atoms with Gasteiger partial charge in [0.1, 0.15) is 5.75 Å². The number of alkyl halides is 3. The van der Waals surface area contributed by atoms with Gasteiger partial charge in [0.15, 0.2) is 0 Å². The van der Waals surface area contributed by atoms with Gasteiger partial charge in [-0.25, -0.2) is 5.10 Å². The van der Waals surface area contributed by atoms with Crippen molar-refractivity contribution in [2.45, 2.75) is 19.0 Å². The molecule has 0 aliphatic heterocycles. The number of rotatable bonds is 4. The number of H-pyrrole nitrogens is 1. The highest BCUT2D eigenvalue weighted by atomic mass is 19.4. The summed E-state index contributed by atoms with van der Waals surface area (Å²) < 4.78 is 44.9. The van der Waals surface area contributed by atoms with Crippen molar-refractivity contribution in [2.75, 3.05) is 6.61 Å². The summed E-state index contributed by atoms with van der Waals surface area (Å²) in [6.45, 7) is 0.305. The molecule has 22 heavy (non-hydrogen) atoms. The highest BCUT2D eigenvalue weighted by Gasteiger charge is 2.35. The van der Waals surface area contributed by atoms with Crippen LogP contribution in [0.2, 0.25) is 0 Å². The van der Waals surface area contributed by atoms with Crippen molar-refractivity contribution in [2.24, 2.45) is 5.92 Å². The first-order chi connectivity index (χ1) is 10.4. The molecule has 3 rings (SSSR count). The van der Waals surface area contributed by atoms with Gasteiger partial charge in [-0.1, -0.05) is 0 Å². The van der Waals surface area contributed by atoms with Crippen molar-refractivity contribution in [3.05, 3.63) is 46.2 Å². The van der Waals surface area contributed by atoms with Crippen LogP contribution in [-0.2, 0) is 6.18 Å². The average Bonchev–Trinajstić information content (AvgIpc) is 3.29. The third-order valence-corrected chi connectivity index (χ3v) is 3.43. The monoisotopic (exact) mass is 310 g/mol. The summed E-state index contributed by atoms with van der Waals surface area (Å²) in [6.07, 6.45) is -2.52. The molecule has 116 valence electrons. The van der Waals surface area contributed by atoms with Crippen LogP contribution in [0.5, 0.6) is 5.75 Å². The molecule has 1 heterocycles. The topological polar surface area (TPSA) is 55.0 Å². The maximum atomic E-state index is 13.2. The Morgan fingerprint density at radius 2 is 2.00 bits per heavy atom. The van der Waals surface area contributed by atoms with E-state index in [1.165, 1.54) is 24.3 Å². The number of benzene rings is 1. The summed E-state index contributed by atoms with van der Waals surface area (Å²) in [4.78, 5) is 11.0. The summed E-state index contributed by atoms with van der Waals surface area (Å²) in [5.41, 5.74) is -0.718. The second kappa shape index (κ2) is 5.47. The minimum atomic E-state index is -4.52. The molecule has 4 nitrogen and oxygen atoms in total. The van der Waals surface area contributed by atoms with Crippen LogP contribution in [0.15, 0.2) is 35.1 Å². The Kier molecular flexibility index (Phi) is 3.64. The van der Waals surface area contributed by atoms with Crippen molar-refractivity contribution in [1.82, 2.24) is 10.2 Å². The molecule has 1 aromatic heterocycles. The Morgan fingerprint density at radius 1 is 1.23 bits per heavy atom. The molecule has 0 atom stereocenters. The van der Waals surface area contributed by atoms with E-state index in [0.29, 0.717) is 12.5 Å². The van der Waals surface area contributed by atoms with Crippen molar-refractivity contribution in [1.29, 1.82) is 0 Å².